The predicted octanol–water partition coefficient (Wildman–Crippen LogP) is 0.249. The van der Waals surface area contributed by atoms with Crippen LogP contribution in [0.5, 0.6) is 0 Å². The van der Waals surface area contributed by atoms with E-state index in [0.717, 1.165) is 0 Å². The van der Waals surface area contributed by atoms with Crippen LogP contribution in [0.15, 0.2) is 18.3 Å². The Morgan fingerprint density at radius 1 is 1.64 bits per heavy atom. The van der Waals surface area contributed by atoms with Gasteiger partial charge in [0.1, 0.15) is 0 Å². The highest BCUT2D eigenvalue weighted by Crippen LogP contribution is 1.99. The molecule has 0 radical (unpaired) electrons. The van der Waals surface area contributed by atoms with Crippen LogP contribution in [0.3, 0.4) is 0 Å². The first-order valence-corrected chi connectivity index (χ1v) is 4.70. The molecule has 1 heterocycles. The number of nitrogens with zero attached hydrogens (tertiary/aromatic N) is 1. The lowest BCUT2D eigenvalue weighted by atomic mass is 10.3. The van der Waals surface area contributed by atoms with E-state index >= 15 is 0 Å². The molecule has 0 aliphatic carbocycles. The number of carbonyl (C=O) groups is 1. The Bertz CT molecular complexity index is 306. The molecule has 4 heteroatoms. The van der Waals surface area contributed by atoms with Crippen molar-refractivity contribution in [3.05, 3.63) is 24.0 Å². The molecule has 1 aromatic heterocycles. The Hall–Kier alpha value is -1.29. The number of hydrogen-bond donors (Lipinski definition) is 2. The lowest BCUT2D eigenvalue weighted by Gasteiger charge is -2.12. The summed E-state index contributed by atoms with van der Waals surface area (Å²) in [4.78, 5) is 11.2. The van der Waals surface area contributed by atoms with Gasteiger partial charge in [-0.15, -0.1) is 0 Å². The smallest absolute Gasteiger partial charge is 0.236 e. The normalized spacial score (nSPS) is 12.5. The van der Waals surface area contributed by atoms with Gasteiger partial charge in [-0.05, 0) is 19.1 Å². The minimum absolute atomic E-state index is 0.0132. The second-order valence-corrected chi connectivity index (χ2v) is 3.33. The third kappa shape index (κ3) is 2.60. The summed E-state index contributed by atoms with van der Waals surface area (Å²) in [5, 5.41) is 5.74. The second kappa shape index (κ2) is 4.81. The van der Waals surface area contributed by atoms with Crippen LogP contribution in [-0.4, -0.2) is 23.6 Å². The third-order valence-corrected chi connectivity index (χ3v) is 2.28. The number of carbonyl (C=O) groups excluding carboxylic acids is 1. The second-order valence-electron chi connectivity index (χ2n) is 3.33. The number of aromatic nitrogens is 1. The topological polar surface area (TPSA) is 46.1 Å². The average molecular weight is 195 g/mol. The van der Waals surface area contributed by atoms with Crippen LogP contribution in [0, 0.1) is 0 Å². The number of likely N-dealkylation sites (N-methyl/N-ethyl adjacent to an activating group) is 1. The van der Waals surface area contributed by atoms with Crippen LogP contribution in [-0.2, 0) is 18.4 Å². The summed E-state index contributed by atoms with van der Waals surface area (Å²) >= 11 is 0. The van der Waals surface area contributed by atoms with E-state index in [-0.39, 0.29) is 11.9 Å². The van der Waals surface area contributed by atoms with E-state index < -0.39 is 0 Å². The molecule has 0 unspecified atom stereocenters. The van der Waals surface area contributed by atoms with E-state index in [4.69, 9.17) is 0 Å². The van der Waals surface area contributed by atoms with Gasteiger partial charge in [-0.25, -0.2) is 0 Å². The van der Waals surface area contributed by atoms with Gasteiger partial charge in [0.05, 0.1) is 6.04 Å². The molecule has 0 bridgehead atoms. The fourth-order valence-electron chi connectivity index (χ4n) is 1.25. The Morgan fingerprint density at radius 2 is 2.36 bits per heavy atom. The van der Waals surface area contributed by atoms with Gasteiger partial charge < -0.3 is 15.2 Å². The van der Waals surface area contributed by atoms with Crippen molar-refractivity contribution in [3.8, 4) is 0 Å². The van der Waals surface area contributed by atoms with Crippen molar-refractivity contribution in [1.29, 1.82) is 0 Å². The zero-order valence-electron chi connectivity index (χ0n) is 8.87. The molecule has 78 valence electrons. The molecular formula is C10H17N3O. The minimum Gasteiger partial charge on any atom is -0.358 e. The van der Waals surface area contributed by atoms with Crippen molar-refractivity contribution >= 4 is 5.91 Å². The summed E-state index contributed by atoms with van der Waals surface area (Å²) in [5.74, 6) is 0.0132. The fraction of sp³-hybridized carbons (Fsp3) is 0.500. The molecule has 1 rings (SSSR count). The standard InChI is InChI=1S/C10H17N3O/c1-8(10(14)11-2)12-7-9-5-4-6-13(9)3/h4-6,8,12H,7H2,1-3H3,(H,11,14)/t8-/m1/s1. The summed E-state index contributed by atoms with van der Waals surface area (Å²) < 4.78 is 2.03. The van der Waals surface area contributed by atoms with Crippen LogP contribution in [0.1, 0.15) is 12.6 Å². The van der Waals surface area contributed by atoms with E-state index in [1.807, 2.05) is 36.9 Å². The van der Waals surface area contributed by atoms with E-state index in [2.05, 4.69) is 10.6 Å². The van der Waals surface area contributed by atoms with E-state index in [1.165, 1.54) is 5.69 Å². The van der Waals surface area contributed by atoms with Crippen LogP contribution >= 0.6 is 0 Å². The molecule has 1 atom stereocenters. The van der Waals surface area contributed by atoms with Crippen LogP contribution < -0.4 is 10.6 Å². The largest absolute Gasteiger partial charge is 0.358 e. The molecule has 1 aromatic rings. The number of nitrogens with one attached hydrogen (secondary N) is 2. The monoisotopic (exact) mass is 195 g/mol. The fourth-order valence-corrected chi connectivity index (χ4v) is 1.25. The molecular weight excluding hydrogens is 178 g/mol. The molecule has 2 N–H and O–H groups in total. The number of amides is 1. The van der Waals surface area contributed by atoms with Crippen molar-refractivity contribution in [2.75, 3.05) is 7.05 Å². The Morgan fingerprint density at radius 3 is 2.86 bits per heavy atom. The summed E-state index contributed by atoms with van der Waals surface area (Å²) in [6, 6.07) is 3.86. The molecule has 4 nitrogen and oxygen atoms in total. The quantitative estimate of drug-likeness (QED) is 0.723. The lowest BCUT2D eigenvalue weighted by Crippen LogP contribution is -2.40. The highest BCUT2D eigenvalue weighted by Gasteiger charge is 2.09. The van der Waals surface area contributed by atoms with E-state index in [0.29, 0.717) is 6.54 Å². The van der Waals surface area contributed by atoms with Crippen molar-refractivity contribution < 1.29 is 4.79 Å². The first-order chi connectivity index (χ1) is 6.65. The molecule has 14 heavy (non-hydrogen) atoms. The maximum Gasteiger partial charge on any atom is 0.236 e. The molecule has 0 aromatic carbocycles. The zero-order chi connectivity index (χ0) is 10.6. The first-order valence-electron chi connectivity index (χ1n) is 4.70. The molecule has 0 aliphatic heterocycles. The number of rotatable bonds is 4. The van der Waals surface area contributed by atoms with E-state index in [1.54, 1.807) is 7.05 Å². The highest BCUT2D eigenvalue weighted by molar-refractivity contribution is 5.80. The van der Waals surface area contributed by atoms with Crippen molar-refractivity contribution in [3.63, 3.8) is 0 Å². The molecule has 0 saturated heterocycles. The van der Waals surface area contributed by atoms with Gasteiger partial charge >= 0.3 is 0 Å². The minimum atomic E-state index is -0.158. The first kappa shape index (κ1) is 10.8. The lowest BCUT2D eigenvalue weighted by molar-refractivity contribution is -0.122. The Labute approximate surface area is 84.3 Å². The highest BCUT2D eigenvalue weighted by atomic mass is 16.2. The zero-order valence-corrected chi connectivity index (χ0v) is 8.87. The van der Waals surface area contributed by atoms with Gasteiger partial charge in [-0.3, -0.25) is 4.79 Å². The molecule has 0 spiro atoms. The summed E-state index contributed by atoms with van der Waals surface area (Å²) in [5.41, 5.74) is 1.17. The molecule has 0 saturated carbocycles. The van der Waals surface area contributed by atoms with Crippen molar-refractivity contribution in [2.24, 2.45) is 7.05 Å². The van der Waals surface area contributed by atoms with Crippen LogP contribution in [0.4, 0.5) is 0 Å². The SMILES string of the molecule is CNC(=O)[C@@H](C)NCc1cccn1C. The van der Waals surface area contributed by atoms with Crippen molar-refractivity contribution in [2.45, 2.75) is 19.5 Å². The predicted molar refractivity (Wildman–Crippen MR) is 55.8 cm³/mol. The van der Waals surface area contributed by atoms with Gasteiger partial charge in [0, 0.05) is 32.5 Å². The molecule has 0 fully saturated rings. The molecule has 1 amide bonds. The van der Waals surface area contributed by atoms with Gasteiger partial charge in [-0.1, -0.05) is 0 Å². The van der Waals surface area contributed by atoms with Gasteiger partial charge in [-0.2, -0.15) is 0 Å². The Balaban J connectivity index is 2.41. The number of aryl methyl sites for hydroxylation is 1. The number of hydrogen-bond acceptors (Lipinski definition) is 2. The van der Waals surface area contributed by atoms with Gasteiger partial charge in [0.2, 0.25) is 5.91 Å². The van der Waals surface area contributed by atoms with Gasteiger partial charge in [0.25, 0.3) is 0 Å². The molecule has 0 aliphatic rings. The maximum atomic E-state index is 11.2. The van der Waals surface area contributed by atoms with Crippen LogP contribution in [0.25, 0.3) is 0 Å². The maximum absolute atomic E-state index is 11.2. The summed E-state index contributed by atoms with van der Waals surface area (Å²) in [6.07, 6.45) is 1.99. The van der Waals surface area contributed by atoms with E-state index in [9.17, 15) is 4.79 Å². The summed E-state index contributed by atoms with van der Waals surface area (Å²) in [6.45, 7) is 2.56. The van der Waals surface area contributed by atoms with Crippen LogP contribution in [0.2, 0.25) is 0 Å². The summed E-state index contributed by atoms with van der Waals surface area (Å²) in [7, 11) is 3.63. The Kier molecular flexibility index (Phi) is 3.71. The third-order valence-electron chi connectivity index (χ3n) is 2.28. The van der Waals surface area contributed by atoms with Crippen molar-refractivity contribution in [1.82, 2.24) is 15.2 Å². The average Bonchev–Trinajstić information content (AvgIpc) is 2.59. The van der Waals surface area contributed by atoms with Gasteiger partial charge in [0.15, 0.2) is 0 Å².